The lowest BCUT2D eigenvalue weighted by atomic mass is 10.0. The summed E-state index contributed by atoms with van der Waals surface area (Å²) in [4.78, 5) is 19.6. The van der Waals surface area contributed by atoms with Crippen LogP contribution in [0.1, 0.15) is 24.4 Å². The average molecular weight is 364 g/mol. The van der Waals surface area contributed by atoms with E-state index in [1.165, 1.54) is 16.3 Å². The third-order valence-corrected chi connectivity index (χ3v) is 4.80. The van der Waals surface area contributed by atoms with E-state index in [1.54, 1.807) is 18.2 Å². The van der Waals surface area contributed by atoms with Crippen molar-refractivity contribution in [2.75, 3.05) is 0 Å². The van der Waals surface area contributed by atoms with Gasteiger partial charge in [0.15, 0.2) is 0 Å². The van der Waals surface area contributed by atoms with Crippen molar-refractivity contribution in [3.63, 3.8) is 0 Å². The summed E-state index contributed by atoms with van der Waals surface area (Å²) in [5.41, 5.74) is 1.67. The first-order valence-corrected chi connectivity index (χ1v) is 8.88. The van der Waals surface area contributed by atoms with E-state index < -0.39 is 0 Å². The second-order valence-electron chi connectivity index (χ2n) is 6.38. The van der Waals surface area contributed by atoms with Gasteiger partial charge in [0.2, 0.25) is 0 Å². The van der Waals surface area contributed by atoms with Gasteiger partial charge in [-0.2, -0.15) is 0 Å². The molecule has 0 aliphatic heterocycles. The van der Waals surface area contributed by atoms with Crippen LogP contribution in [0.4, 0.5) is 0 Å². The standard InChI is InChI=1S/C21H18ClN3O/c1-13(15-7-6-14-4-2-3-5-16(14)10-15)23-12-20-24-19-9-8-17(22)11-18(19)21(26)25-20/h2-11,13,23H,12H2,1H3,(H,24,25,26)/t13-/m1/s1. The molecule has 0 aliphatic carbocycles. The fourth-order valence-corrected chi connectivity index (χ4v) is 3.26. The minimum Gasteiger partial charge on any atom is -0.309 e. The molecule has 3 aromatic carbocycles. The number of aromatic nitrogens is 2. The predicted molar refractivity (Wildman–Crippen MR) is 107 cm³/mol. The molecule has 130 valence electrons. The van der Waals surface area contributed by atoms with Crippen LogP contribution in [0.25, 0.3) is 21.7 Å². The van der Waals surface area contributed by atoms with E-state index in [0.717, 1.165) is 0 Å². The predicted octanol–water partition coefficient (Wildman–Crippen LogP) is 4.58. The lowest BCUT2D eigenvalue weighted by Crippen LogP contribution is -2.22. The summed E-state index contributed by atoms with van der Waals surface area (Å²) in [5.74, 6) is 0.609. The van der Waals surface area contributed by atoms with E-state index in [0.29, 0.717) is 28.3 Å². The van der Waals surface area contributed by atoms with Crippen molar-refractivity contribution in [1.29, 1.82) is 0 Å². The smallest absolute Gasteiger partial charge is 0.258 e. The number of nitrogens with one attached hydrogen (secondary N) is 2. The van der Waals surface area contributed by atoms with Gasteiger partial charge in [-0.25, -0.2) is 4.98 Å². The molecular weight excluding hydrogens is 346 g/mol. The van der Waals surface area contributed by atoms with Crippen molar-refractivity contribution in [1.82, 2.24) is 15.3 Å². The minimum absolute atomic E-state index is 0.130. The summed E-state index contributed by atoms with van der Waals surface area (Å²) in [5, 5.41) is 6.90. The Morgan fingerprint density at radius 1 is 1.08 bits per heavy atom. The van der Waals surface area contributed by atoms with Gasteiger partial charge in [-0.15, -0.1) is 0 Å². The maximum atomic E-state index is 12.2. The number of benzene rings is 3. The molecule has 1 atom stereocenters. The Hall–Kier alpha value is -2.69. The minimum atomic E-state index is -0.173. The molecule has 1 aromatic heterocycles. The number of nitrogens with zero attached hydrogens (tertiary/aromatic N) is 1. The van der Waals surface area contributed by atoms with Gasteiger partial charge in [0.1, 0.15) is 5.82 Å². The van der Waals surface area contributed by atoms with E-state index in [2.05, 4.69) is 52.5 Å². The van der Waals surface area contributed by atoms with Crippen molar-refractivity contribution in [3.05, 3.63) is 87.4 Å². The molecule has 0 fully saturated rings. The quantitative estimate of drug-likeness (QED) is 0.558. The van der Waals surface area contributed by atoms with Crippen LogP contribution >= 0.6 is 11.6 Å². The normalized spacial score (nSPS) is 12.5. The first-order valence-electron chi connectivity index (χ1n) is 8.51. The molecule has 5 heteroatoms. The van der Waals surface area contributed by atoms with Crippen LogP contribution < -0.4 is 10.9 Å². The van der Waals surface area contributed by atoms with Crippen molar-refractivity contribution < 1.29 is 0 Å². The number of H-pyrrole nitrogens is 1. The van der Waals surface area contributed by atoms with Crippen LogP contribution in [0.15, 0.2) is 65.5 Å². The summed E-state index contributed by atoms with van der Waals surface area (Å²) < 4.78 is 0. The second-order valence-corrected chi connectivity index (χ2v) is 6.82. The Balaban J connectivity index is 1.55. The van der Waals surface area contributed by atoms with Crippen molar-refractivity contribution in [3.8, 4) is 0 Å². The Labute approximate surface area is 155 Å². The summed E-state index contributed by atoms with van der Waals surface area (Å²) in [7, 11) is 0. The average Bonchev–Trinajstić information content (AvgIpc) is 2.66. The SMILES string of the molecule is C[C@@H](NCc1nc2ccc(Cl)cc2c(=O)[nH]1)c1ccc2ccccc2c1. The zero-order valence-electron chi connectivity index (χ0n) is 14.3. The molecule has 0 aliphatic rings. The lowest BCUT2D eigenvalue weighted by Gasteiger charge is -2.15. The van der Waals surface area contributed by atoms with Crippen LogP contribution in [0, 0.1) is 0 Å². The van der Waals surface area contributed by atoms with Crippen LogP contribution in [-0.4, -0.2) is 9.97 Å². The molecule has 2 N–H and O–H groups in total. The fourth-order valence-electron chi connectivity index (χ4n) is 3.09. The summed E-state index contributed by atoms with van der Waals surface area (Å²) in [6.45, 7) is 2.57. The van der Waals surface area contributed by atoms with Crippen molar-refractivity contribution in [2.45, 2.75) is 19.5 Å². The zero-order valence-corrected chi connectivity index (χ0v) is 15.0. The molecule has 26 heavy (non-hydrogen) atoms. The number of fused-ring (bicyclic) bond motifs is 2. The number of aromatic amines is 1. The Bertz CT molecular complexity index is 1150. The monoisotopic (exact) mass is 363 g/mol. The Kier molecular flexibility index (Phi) is 4.45. The molecule has 4 nitrogen and oxygen atoms in total. The highest BCUT2D eigenvalue weighted by atomic mass is 35.5. The summed E-state index contributed by atoms with van der Waals surface area (Å²) >= 11 is 5.95. The highest BCUT2D eigenvalue weighted by molar-refractivity contribution is 6.31. The van der Waals surface area contributed by atoms with Gasteiger partial charge in [-0.1, -0.05) is 48.0 Å². The van der Waals surface area contributed by atoms with Gasteiger partial charge < -0.3 is 10.3 Å². The molecular formula is C21H18ClN3O. The van der Waals surface area contributed by atoms with Crippen LogP contribution in [0.2, 0.25) is 5.02 Å². The van der Waals surface area contributed by atoms with Gasteiger partial charge in [0, 0.05) is 11.1 Å². The number of hydrogen-bond acceptors (Lipinski definition) is 3. The van der Waals surface area contributed by atoms with Crippen LogP contribution in [0.5, 0.6) is 0 Å². The molecule has 0 unspecified atom stereocenters. The molecule has 1 heterocycles. The van der Waals surface area contributed by atoms with Gasteiger partial charge in [-0.3, -0.25) is 4.79 Å². The highest BCUT2D eigenvalue weighted by Gasteiger charge is 2.09. The number of halogens is 1. The Morgan fingerprint density at radius 3 is 2.73 bits per heavy atom. The maximum Gasteiger partial charge on any atom is 0.258 e. The van der Waals surface area contributed by atoms with E-state index in [1.807, 2.05) is 12.1 Å². The summed E-state index contributed by atoms with van der Waals surface area (Å²) in [6, 6.07) is 20.0. The molecule has 0 amide bonds. The molecule has 4 aromatic rings. The summed E-state index contributed by atoms with van der Waals surface area (Å²) in [6.07, 6.45) is 0. The molecule has 0 bridgehead atoms. The van der Waals surface area contributed by atoms with Gasteiger partial charge in [0.25, 0.3) is 5.56 Å². The van der Waals surface area contributed by atoms with E-state index >= 15 is 0 Å². The number of rotatable bonds is 4. The maximum absolute atomic E-state index is 12.2. The zero-order chi connectivity index (χ0) is 18.1. The third kappa shape index (κ3) is 3.34. The fraction of sp³-hybridized carbons (Fsp3) is 0.143. The largest absolute Gasteiger partial charge is 0.309 e. The van der Waals surface area contributed by atoms with Crippen molar-refractivity contribution in [2.24, 2.45) is 0 Å². The Morgan fingerprint density at radius 2 is 1.88 bits per heavy atom. The van der Waals surface area contributed by atoms with Gasteiger partial charge in [0.05, 0.1) is 17.4 Å². The molecule has 0 saturated carbocycles. The van der Waals surface area contributed by atoms with Crippen LogP contribution in [-0.2, 0) is 6.54 Å². The highest BCUT2D eigenvalue weighted by Crippen LogP contribution is 2.20. The van der Waals surface area contributed by atoms with Gasteiger partial charge >= 0.3 is 0 Å². The number of hydrogen-bond donors (Lipinski definition) is 2. The van der Waals surface area contributed by atoms with Crippen LogP contribution in [0.3, 0.4) is 0 Å². The molecule has 0 saturated heterocycles. The lowest BCUT2D eigenvalue weighted by molar-refractivity contribution is 0.560. The molecule has 4 rings (SSSR count). The first kappa shape index (κ1) is 16.8. The first-order chi connectivity index (χ1) is 12.6. The molecule has 0 spiro atoms. The van der Waals surface area contributed by atoms with E-state index in [4.69, 9.17) is 11.6 Å². The topological polar surface area (TPSA) is 57.8 Å². The third-order valence-electron chi connectivity index (χ3n) is 4.57. The van der Waals surface area contributed by atoms with Crippen molar-refractivity contribution >= 4 is 33.3 Å². The van der Waals surface area contributed by atoms with E-state index in [9.17, 15) is 4.79 Å². The van der Waals surface area contributed by atoms with Gasteiger partial charge in [-0.05, 0) is 47.5 Å². The second kappa shape index (κ2) is 6.90. The van der Waals surface area contributed by atoms with E-state index in [-0.39, 0.29) is 11.6 Å². The molecule has 0 radical (unpaired) electrons.